The molecule has 0 atom stereocenters. The van der Waals surface area contributed by atoms with Crippen LogP contribution in [0.1, 0.15) is 39.1 Å². The first-order chi connectivity index (χ1) is 17.3. The summed E-state index contributed by atoms with van der Waals surface area (Å²) in [6.07, 6.45) is 1.43. The predicted molar refractivity (Wildman–Crippen MR) is 130 cm³/mol. The van der Waals surface area contributed by atoms with Crippen molar-refractivity contribution in [2.24, 2.45) is 0 Å². The van der Waals surface area contributed by atoms with Gasteiger partial charge in [0.15, 0.2) is 5.79 Å². The molecule has 0 aromatic heterocycles. The fraction of sp³-hybridized carbons (Fsp3) is 0.308. The Bertz CT molecular complexity index is 1460. The van der Waals surface area contributed by atoms with Crippen LogP contribution in [-0.4, -0.2) is 57.4 Å². The normalized spacial score (nSPS) is 19.5. The number of carbonyl (C=O) groups is 2. The number of ether oxygens (including phenoxy) is 2. The monoisotopic (exact) mass is 508 g/mol. The number of hydrogen-bond acceptors (Lipinski definition) is 8. The molecule has 3 aliphatic rings. The van der Waals surface area contributed by atoms with Gasteiger partial charge in [0.2, 0.25) is 0 Å². The maximum Gasteiger partial charge on any atom is 0.318 e. The number of imide groups is 1. The highest BCUT2D eigenvalue weighted by molar-refractivity contribution is 7.86. The van der Waals surface area contributed by atoms with Gasteiger partial charge in [0.25, 0.3) is 11.8 Å². The summed E-state index contributed by atoms with van der Waals surface area (Å²) in [4.78, 5) is 28.7. The second-order valence-electron chi connectivity index (χ2n) is 9.20. The van der Waals surface area contributed by atoms with E-state index in [2.05, 4.69) is 4.90 Å². The summed E-state index contributed by atoms with van der Waals surface area (Å²) in [5, 5.41) is 1.58. The van der Waals surface area contributed by atoms with Gasteiger partial charge in [0.05, 0.1) is 29.2 Å². The minimum absolute atomic E-state index is 0.147. The van der Waals surface area contributed by atoms with Crippen molar-refractivity contribution in [3.8, 4) is 0 Å². The van der Waals surface area contributed by atoms with Gasteiger partial charge >= 0.3 is 10.1 Å². The minimum Gasteiger partial charge on any atom is -0.371 e. The summed E-state index contributed by atoms with van der Waals surface area (Å²) in [7, 11) is -4.40. The molecule has 10 heteroatoms. The van der Waals surface area contributed by atoms with E-state index in [0.29, 0.717) is 49.6 Å². The number of nitrogens with zero attached hydrogens (tertiary/aromatic N) is 2. The van der Waals surface area contributed by atoms with E-state index in [4.69, 9.17) is 13.8 Å². The van der Waals surface area contributed by atoms with E-state index < -0.39 is 27.7 Å². The average molecular weight is 509 g/mol. The van der Waals surface area contributed by atoms with Crippen LogP contribution in [0.15, 0.2) is 59.5 Å². The van der Waals surface area contributed by atoms with Crippen molar-refractivity contribution >= 4 is 38.4 Å². The number of amides is 2. The fourth-order valence-corrected chi connectivity index (χ4v) is 6.01. The fourth-order valence-electron chi connectivity index (χ4n) is 5.12. The summed E-state index contributed by atoms with van der Waals surface area (Å²) in [6.45, 7) is 4.42. The zero-order valence-electron chi connectivity index (χ0n) is 19.6. The molecule has 0 bridgehead atoms. The van der Waals surface area contributed by atoms with E-state index in [9.17, 15) is 18.0 Å². The lowest BCUT2D eigenvalue weighted by Gasteiger charge is -2.39. The maximum absolute atomic E-state index is 13.3. The zero-order valence-corrected chi connectivity index (χ0v) is 20.4. The van der Waals surface area contributed by atoms with Gasteiger partial charge in [0, 0.05) is 42.4 Å². The molecule has 3 aliphatic heterocycles. The third-order valence-electron chi connectivity index (χ3n) is 7.01. The summed E-state index contributed by atoms with van der Waals surface area (Å²) >= 11 is 0. The number of benzene rings is 3. The molecule has 6 rings (SSSR count). The molecule has 9 nitrogen and oxygen atoms in total. The number of hydrogen-bond donors (Lipinski definition) is 0. The highest BCUT2D eigenvalue weighted by Crippen LogP contribution is 2.39. The lowest BCUT2D eigenvalue weighted by atomic mass is 9.93. The lowest BCUT2D eigenvalue weighted by molar-refractivity contribution is -0.169. The molecule has 2 fully saturated rings. The molecule has 0 unspecified atom stereocenters. The summed E-state index contributed by atoms with van der Waals surface area (Å²) in [5.41, 5.74) is 2.17. The van der Waals surface area contributed by atoms with Gasteiger partial charge in [-0.25, -0.2) is 0 Å². The van der Waals surface area contributed by atoms with Crippen LogP contribution < -0.4 is 4.90 Å². The second-order valence-corrected chi connectivity index (χ2v) is 10.7. The lowest BCUT2D eigenvalue weighted by Crippen LogP contribution is -2.45. The zero-order chi connectivity index (χ0) is 25.1. The van der Waals surface area contributed by atoms with Crippen molar-refractivity contribution in [3.63, 3.8) is 0 Å². The predicted octanol–water partition coefficient (Wildman–Crippen LogP) is 3.41. The Morgan fingerprint density at radius 1 is 0.861 bits per heavy atom. The van der Waals surface area contributed by atoms with Crippen molar-refractivity contribution in [3.05, 3.63) is 71.3 Å². The van der Waals surface area contributed by atoms with Gasteiger partial charge in [-0.1, -0.05) is 29.8 Å². The second kappa shape index (κ2) is 8.38. The van der Waals surface area contributed by atoms with Crippen LogP contribution in [0, 0.1) is 6.92 Å². The highest BCUT2D eigenvalue weighted by atomic mass is 32.2. The third-order valence-corrected chi connectivity index (χ3v) is 8.20. The quantitative estimate of drug-likeness (QED) is 0.494. The number of rotatable bonds is 4. The SMILES string of the molecule is Cc1ccc(S(=O)(=O)ON2C(=O)c3cccc4c(N5CCC6(CC5)OCCO6)ccc(c34)C2=O)cc1. The number of hydroxylamine groups is 2. The Morgan fingerprint density at radius 2 is 1.50 bits per heavy atom. The first-order valence-electron chi connectivity index (χ1n) is 11.8. The molecule has 2 amide bonds. The van der Waals surface area contributed by atoms with Gasteiger partial charge in [-0.15, -0.1) is 9.35 Å². The Hall–Kier alpha value is -3.31. The van der Waals surface area contributed by atoms with Crippen LogP contribution in [0.25, 0.3) is 10.8 Å². The Balaban J connectivity index is 1.33. The van der Waals surface area contributed by atoms with Gasteiger partial charge in [-0.3, -0.25) is 9.59 Å². The van der Waals surface area contributed by atoms with E-state index in [-0.39, 0.29) is 16.0 Å². The van der Waals surface area contributed by atoms with Gasteiger partial charge in [-0.2, -0.15) is 8.42 Å². The Morgan fingerprint density at radius 3 is 2.17 bits per heavy atom. The maximum atomic E-state index is 13.3. The van der Waals surface area contributed by atoms with Crippen LogP contribution in [0.5, 0.6) is 0 Å². The molecule has 3 aromatic rings. The number of piperidine rings is 1. The molecule has 0 saturated carbocycles. The van der Waals surface area contributed by atoms with E-state index in [1.807, 2.05) is 19.1 Å². The summed E-state index contributed by atoms with van der Waals surface area (Å²) < 4.78 is 42.4. The van der Waals surface area contributed by atoms with Crippen LogP contribution in [0.2, 0.25) is 0 Å². The topological polar surface area (TPSA) is 102 Å². The van der Waals surface area contributed by atoms with E-state index >= 15 is 0 Å². The van der Waals surface area contributed by atoms with E-state index in [1.54, 1.807) is 30.3 Å². The number of aryl methyl sites for hydroxylation is 1. The summed E-state index contributed by atoms with van der Waals surface area (Å²) in [6, 6.07) is 14.6. The first kappa shape index (κ1) is 23.1. The molecule has 0 N–H and O–H groups in total. The van der Waals surface area contributed by atoms with Crippen molar-refractivity contribution in [1.82, 2.24) is 5.06 Å². The molecule has 0 aliphatic carbocycles. The number of carbonyl (C=O) groups excluding carboxylic acids is 2. The van der Waals surface area contributed by atoms with Crippen LogP contribution in [-0.2, 0) is 23.9 Å². The van der Waals surface area contributed by atoms with Gasteiger partial charge in [0.1, 0.15) is 0 Å². The molecular weight excluding hydrogens is 484 g/mol. The van der Waals surface area contributed by atoms with Gasteiger partial charge in [-0.05, 0) is 37.3 Å². The minimum atomic E-state index is -4.40. The Kier molecular flexibility index (Phi) is 5.38. The molecule has 1 spiro atoms. The first-order valence-corrected chi connectivity index (χ1v) is 13.2. The van der Waals surface area contributed by atoms with Gasteiger partial charge < -0.3 is 14.4 Å². The molecule has 36 heavy (non-hydrogen) atoms. The third kappa shape index (κ3) is 3.68. The molecule has 0 radical (unpaired) electrons. The van der Waals surface area contributed by atoms with Crippen LogP contribution in [0.3, 0.4) is 0 Å². The van der Waals surface area contributed by atoms with E-state index in [0.717, 1.165) is 16.6 Å². The molecular formula is C26H24N2O7S. The molecule has 3 aromatic carbocycles. The van der Waals surface area contributed by atoms with Crippen molar-refractivity contribution in [2.45, 2.75) is 30.4 Å². The molecule has 2 saturated heterocycles. The largest absolute Gasteiger partial charge is 0.371 e. The highest BCUT2D eigenvalue weighted by Gasteiger charge is 2.41. The standard InChI is InChI=1S/C26H24N2O7S/c1-17-5-7-18(8-6-17)36(31,32)35-28-24(29)20-4-2-3-19-22(10-9-21(23(19)20)25(28)30)27-13-11-26(12-14-27)33-15-16-34-26/h2-10H,11-16H2,1H3. The smallest absolute Gasteiger partial charge is 0.318 e. The average Bonchev–Trinajstić information content (AvgIpc) is 3.33. The van der Waals surface area contributed by atoms with Crippen LogP contribution >= 0.6 is 0 Å². The van der Waals surface area contributed by atoms with Crippen LogP contribution in [0.4, 0.5) is 5.69 Å². The molecule has 3 heterocycles. The van der Waals surface area contributed by atoms with Crippen molar-refractivity contribution in [2.75, 3.05) is 31.2 Å². The van der Waals surface area contributed by atoms with Crippen molar-refractivity contribution < 1.29 is 31.8 Å². The molecule has 186 valence electrons. The van der Waals surface area contributed by atoms with E-state index in [1.165, 1.54) is 12.1 Å². The number of anilines is 1. The van der Waals surface area contributed by atoms with Crippen molar-refractivity contribution in [1.29, 1.82) is 0 Å². The summed E-state index contributed by atoms with van der Waals surface area (Å²) in [5.74, 6) is -2.16. The Labute approximate surface area is 208 Å².